The molecule has 1 saturated heterocycles. The topological polar surface area (TPSA) is 128 Å². The number of benzene rings is 3. The van der Waals surface area contributed by atoms with Gasteiger partial charge in [-0.25, -0.2) is 4.39 Å². The van der Waals surface area contributed by atoms with Gasteiger partial charge in [0, 0.05) is 17.8 Å². The zero-order valence-corrected chi connectivity index (χ0v) is 21.8. The van der Waals surface area contributed by atoms with E-state index in [1.807, 2.05) is 0 Å². The number of rotatable bonds is 9. The molecule has 1 aliphatic heterocycles. The van der Waals surface area contributed by atoms with Crippen LogP contribution in [0.1, 0.15) is 11.1 Å². The van der Waals surface area contributed by atoms with Crippen LogP contribution in [0, 0.1) is 15.9 Å². The largest absolute Gasteiger partial charge is 0.493 e. The minimum atomic E-state index is -0.565. The first-order chi connectivity index (χ1) is 18.6. The Morgan fingerprint density at radius 1 is 1.18 bits per heavy atom. The summed E-state index contributed by atoms with van der Waals surface area (Å²) in [5.74, 6) is -1.25. The monoisotopic (exact) mass is 571 g/mol. The normalized spacial score (nSPS) is 14.0. The molecule has 1 N–H and O–H groups in total. The summed E-state index contributed by atoms with van der Waals surface area (Å²) in [5.41, 5.74) is 1.10. The van der Waals surface area contributed by atoms with Crippen molar-refractivity contribution in [3.05, 3.63) is 97.6 Å². The number of nitro groups is 1. The first kappa shape index (κ1) is 27.6. The Balaban J connectivity index is 1.46. The molecule has 0 atom stereocenters. The molecule has 13 heteroatoms. The SMILES string of the molecule is COc1cc(/C=C2/SC(=O)N(Cc3cccc([N+](=O)[O-])c3)C2=O)cc(Cl)c1OCC(=O)Nc1ccc(F)cc1. The number of amides is 3. The van der Waals surface area contributed by atoms with Gasteiger partial charge in [0.1, 0.15) is 5.82 Å². The van der Waals surface area contributed by atoms with Crippen molar-refractivity contribution in [3.8, 4) is 11.5 Å². The predicted octanol–water partition coefficient (Wildman–Crippen LogP) is 5.65. The molecule has 1 fully saturated rings. The van der Waals surface area contributed by atoms with Gasteiger partial charge in [-0.1, -0.05) is 23.7 Å². The lowest BCUT2D eigenvalue weighted by atomic mass is 10.1. The van der Waals surface area contributed by atoms with E-state index >= 15 is 0 Å². The summed E-state index contributed by atoms with van der Waals surface area (Å²) < 4.78 is 23.9. The summed E-state index contributed by atoms with van der Waals surface area (Å²) in [6.45, 7) is -0.538. The van der Waals surface area contributed by atoms with Crippen LogP contribution in [0.2, 0.25) is 5.02 Å². The van der Waals surface area contributed by atoms with Gasteiger partial charge in [0.25, 0.3) is 22.7 Å². The van der Waals surface area contributed by atoms with Crippen molar-refractivity contribution in [3.63, 3.8) is 0 Å². The van der Waals surface area contributed by atoms with Crippen LogP contribution >= 0.6 is 23.4 Å². The Labute approximate surface area is 230 Å². The fourth-order valence-corrected chi connectivity index (χ4v) is 4.68. The van der Waals surface area contributed by atoms with Crippen molar-refractivity contribution >= 4 is 57.9 Å². The van der Waals surface area contributed by atoms with Crippen molar-refractivity contribution in [2.24, 2.45) is 0 Å². The van der Waals surface area contributed by atoms with E-state index in [0.717, 1.165) is 16.7 Å². The maximum Gasteiger partial charge on any atom is 0.293 e. The van der Waals surface area contributed by atoms with Crippen LogP contribution in [-0.2, 0) is 16.1 Å². The molecule has 200 valence electrons. The second-order valence-corrected chi connectivity index (χ2v) is 9.47. The van der Waals surface area contributed by atoms with Crippen molar-refractivity contribution in [2.75, 3.05) is 19.0 Å². The van der Waals surface area contributed by atoms with Gasteiger partial charge in [0.05, 0.1) is 28.5 Å². The number of nitrogens with zero attached hydrogens (tertiary/aromatic N) is 2. The molecule has 0 radical (unpaired) electrons. The zero-order valence-electron chi connectivity index (χ0n) is 20.2. The molecule has 3 amide bonds. The van der Waals surface area contributed by atoms with Gasteiger partial charge >= 0.3 is 0 Å². The molecular weight excluding hydrogens is 553 g/mol. The fraction of sp³-hybridized carbons (Fsp3) is 0.115. The number of hydrogen-bond acceptors (Lipinski definition) is 8. The lowest BCUT2D eigenvalue weighted by molar-refractivity contribution is -0.384. The van der Waals surface area contributed by atoms with Crippen LogP contribution in [0.15, 0.2) is 65.6 Å². The number of anilines is 1. The van der Waals surface area contributed by atoms with Crippen LogP contribution < -0.4 is 14.8 Å². The second kappa shape index (κ2) is 12.0. The minimum absolute atomic E-state index is 0.0874. The number of nitro benzene ring substituents is 1. The number of carbonyl (C=O) groups excluding carboxylic acids is 3. The summed E-state index contributed by atoms with van der Waals surface area (Å²) in [5, 5.41) is 13.1. The van der Waals surface area contributed by atoms with Crippen molar-refractivity contribution in [2.45, 2.75) is 6.54 Å². The van der Waals surface area contributed by atoms with Gasteiger partial charge in [-0.15, -0.1) is 0 Å². The van der Waals surface area contributed by atoms with E-state index in [-0.39, 0.29) is 33.7 Å². The van der Waals surface area contributed by atoms with Gasteiger partial charge in [-0.05, 0) is 65.4 Å². The fourth-order valence-electron chi connectivity index (χ4n) is 3.57. The van der Waals surface area contributed by atoms with E-state index in [1.165, 1.54) is 67.8 Å². The zero-order chi connectivity index (χ0) is 28.1. The Kier molecular flexibility index (Phi) is 8.47. The quantitative estimate of drug-likeness (QED) is 0.198. The standard InChI is InChI=1S/C26H19ClFN3O7S/c1-37-21-11-16(10-20(27)24(21)38-14-23(32)29-18-7-5-17(28)6-8-18)12-22-25(33)30(26(34)39-22)13-15-3-2-4-19(9-15)31(35)36/h2-12H,13-14H2,1H3,(H,29,32)/b22-12+. The minimum Gasteiger partial charge on any atom is -0.493 e. The Hall–Kier alpha value is -4.42. The Bertz CT molecular complexity index is 1500. The van der Waals surface area contributed by atoms with E-state index in [1.54, 1.807) is 6.07 Å². The van der Waals surface area contributed by atoms with Crippen molar-refractivity contribution in [1.82, 2.24) is 4.90 Å². The summed E-state index contributed by atoms with van der Waals surface area (Å²) in [4.78, 5) is 49.2. The van der Waals surface area contributed by atoms with Crippen LogP contribution in [0.3, 0.4) is 0 Å². The highest BCUT2D eigenvalue weighted by Gasteiger charge is 2.35. The molecule has 3 aromatic rings. The Morgan fingerprint density at radius 3 is 2.62 bits per heavy atom. The van der Waals surface area contributed by atoms with Gasteiger partial charge in [-0.2, -0.15) is 0 Å². The van der Waals surface area contributed by atoms with Gasteiger partial charge in [0.2, 0.25) is 0 Å². The molecule has 0 aromatic heterocycles. The molecule has 0 spiro atoms. The lowest BCUT2D eigenvalue weighted by Crippen LogP contribution is -2.27. The van der Waals surface area contributed by atoms with E-state index in [0.29, 0.717) is 16.8 Å². The third-order valence-electron chi connectivity index (χ3n) is 5.36. The molecule has 39 heavy (non-hydrogen) atoms. The second-order valence-electron chi connectivity index (χ2n) is 8.07. The third-order valence-corrected chi connectivity index (χ3v) is 6.55. The number of imide groups is 1. The number of thioether (sulfide) groups is 1. The third kappa shape index (κ3) is 6.72. The molecule has 1 heterocycles. The highest BCUT2D eigenvalue weighted by molar-refractivity contribution is 8.18. The molecular formula is C26H19ClFN3O7S. The smallest absolute Gasteiger partial charge is 0.293 e. The van der Waals surface area contributed by atoms with Crippen LogP contribution in [-0.4, -0.2) is 40.6 Å². The number of ether oxygens (including phenoxy) is 2. The highest BCUT2D eigenvalue weighted by atomic mass is 35.5. The molecule has 10 nitrogen and oxygen atoms in total. The maximum absolute atomic E-state index is 13.0. The van der Waals surface area contributed by atoms with E-state index in [2.05, 4.69) is 5.32 Å². The summed E-state index contributed by atoms with van der Waals surface area (Å²) in [6.07, 6.45) is 1.46. The number of non-ortho nitro benzene ring substituents is 1. The van der Waals surface area contributed by atoms with Gasteiger partial charge < -0.3 is 14.8 Å². The molecule has 0 unspecified atom stereocenters. The number of carbonyl (C=O) groups is 3. The first-order valence-electron chi connectivity index (χ1n) is 11.2. The molecule has 0 bridgehead atoms. The molecule has 1 aliphatic rings. The van der Waals surface area contributed by atoms with E-state index in [4.69, 9.17) is 21.1 Å². The Morgan fingerprint density at radius 2 is 1.92 bits per heavy atom. The van der Waals surface area contributed by atoms with E-state index in [9.17, 15) is 28.9 Å². The number of halogens is 2. The molecule has 4 rings (SSSR count). The lowest BCUT2D eigenvalue weighted by Gasteiger charge is -2.14. The van der Waals surface area contributed by atoms with Crippen LogP contribution in [0.5, 0.6) is 11.5 Å². The van der Waals surface area contributed by atoms with Crippen LogP contribution in [0.4, 0.5) is 20.6 Å². The molecule has 3 aromatic carbocycles. The summed E-state index contributed by atoms with van der Waals surface area (Å²) >= 11 is 7.09. The van der Waals surface area contributed by atoms with Crippen molar-refractivity contribution < 1.29 is 33.2 Å². The average molecular weight is 572 g/mol. The average Bonchev–Trinajstić information content (AvgIpc) is 3.16. The summed E-state index contributed by atoms with van der Waals surface area (Å²) in [6, 6.07) is 13.9. The first-order valence-corrected chi connectivity index (χ1v) is 12.4. The van der Waals surface area contributed by atoms with E-state index < -0.39 is 34.4 Å². The number of hydrogen-bond donors (Lipinski definition) is 1. The highest BCUT2D eigenvalue weighted by Crippen LogP contribution is 2.39. The molecule has 0 aliphatic carbocycles. The predicted molar refractivity (Wildman–Crippen MR) is 143 cm³/mol. The molecule has 0 saturated carbocycles. The number of nitrogens with one attached hydrogen (secondary N) is 1. The van der Waals surface area contributed by atoms with Gasteiger partial charge in [0.15, 0.2) is 18.1 Å². The van der Waals surface area contributed by atoms with Crippen molar-refractivity contribution in [1.29, 1.82) is 0 Å². The maximum atomic E-state index is 13.0. The van der Waals surface area contributed by atoms with Crippen LogP contribution in [0.25, 0.3) is 6.08 Å². The summed E-state index contributed by atoms with van der Waals surface area (Å²) in [7, 11) is 1.37. The number of methoxy groups -OCH3 is 1. The van der Waals surface area contributed by atoms with Gasteiger partial charge in [-0.3, -0.25) is 29.4 Å².